The molecule has 0 aliphatic rings. The summed E-state index contributed by atoms with van der Waals surface area (Å²) in [4.78, 5) is 1.40. The largest absolute Gasteiger partial charge is 0.382 e. The van der Waals surface area contributed by atoms with Crippen molar-refractivity contribution in [1.82, 2.24) is 5.32 Å². The van der Waals surface area contributed by atoms with E-state index in [4.69, 9.17) is 4.74 Å². The molecule has 4 heteroatoms. The molecular weight excluding hydrogens is 218 g/mol. The molecule has 0 unspecified atom stereocenters. The van der Waals surface area contributed by atoms with Crippen molar-refractivity contribution in [1.29, 1.82) is 0 Å². The van der Waals surface area contributed by atoms with Crippen LogP contribution in [0, 0.1) is 0 Å². The van der Waals surface area contributed by atoms with E-state index < -0.39 is 0 Å². The van der Waals surface area contributed by atoms with Crippen LogP contribution in [-0.2, 0) is 11.3 Å². The fourth-order valence-corrected chi connectivity index (χ4v) is 1.74. The van der Waals surface area contributed by atoms with Crippen LogP contribution in [0.2, 0.25) is 0 Å². The van der Waals surface area contributed by atoms with Gasteiger partial charge in [0.15, 0.2) is 0 Å². The number of ether oxygens (including phenoxy) is 1. The zero-order valence-corrected chi connectivity index (χ0v) is 10.1. The summed E-state index contributed by atoms with van der Waals surface area (Å²) in [5, 5.41) is 5.49. The summed E-state index contributed by atoms with van der Waals surface area (Å²) >= 11 is 1.80. The van der Waals surface area contributed by atoms with E-state index in [0.29, 0.717) is 0 Å². The van der Waals surface area contributed by atoms with E-state index in [1.807, 2.05) is 6.92 Å². The van der Waals surface area contributed by atoms with Crippen LogP contribution in [0.5, 0.6) is 0 Å². The first-order chi connectivity index (χ1) is 6.43. The second-order valence-electron chi connectivity index (χ2n) is 2.81. The van der Waals surface area contributed by atoms with Crippen molar-refractivity contribution in [3.8, 4) is 0 Å². The maximum absolute atomic E-state index is 5.23. The van der Waals surface area contributed by atoms with Gasteiger partial charge in [0.2, 0.25) is 0 Å². The molecule has 0 saturated carbocycles. The molecule has 0 bridgehead atoms. The van der Waals surface area contributed by atoms with Gasteiger partial charge < -0.3 is 10.1 Å². The second kappa shape index (κ2) is 9.46. The zero-order chi connectivity index (χ0) is 9.36. The van der Waals surface area contributed by atoms with E-state index in [0.717, 1.165) is 32.7 Å². The van der Waals surface area contributed by atoms with E-state index in [-0.39, 0.29) is 12.4 Å². The van der Waals surface area contributed by atoms with Crippen molar-refractivity contribution >= 4 is 23.7 Å². The summed E-state index contributed by atoms with van der Waals surface area (Å²) in [5.41, 5.74) is 0. The van der Waals surface area contributed by atoms with Gasteiger partial charge in [0, 0.05) is 24.6 Å². The van der Waals surface area contributed by atoms with Gasteiger partial charge in [0.25, 0.3) is 0 Å². The third-order valence-electron chi connectivity index (χ3n) is 1.73. The smallest absolute Gasteiger partial charge is 0.0477 e. The summed E-state index contributed by atoms with van der Waals surface area (Å²) in [7, 11) is 0. The minimum absolute atomic E-state index is 0. The molecule has 0 atom stereocenters. The molecule has 2 nitrogen and oxygen atoms in total. The minimum Gasteiger partial charge on any atom is -0.382 e. The van der Waals surface area contributed by atoms with Gasteiger partial charge in [-0.3, -0.25) is 0 Å². The van der Waals surface area contributed by atoms with Crippen molar-refractivity contribution in [2.24, 2.45) is 0 Å². The molecule has 0 fully saturated rings. The highest BCUT2D eigenvalue weighted by Gasteiger charge is 1.92. The third kappa shape index (κ3) is 6.38. The van der Waals surface area contributed by atoms with Crippen LogP contribution >= 0.6 is 23.7 Å². The Morgan fingerprint density at radius 1 is 1.50 bits per heavy atom. The van der Waals surface area contributed by atoms with E-state index in [2.05, 4.69) is 22.8 Å². The van der Waals surface area contributed by atoms with Gasteiger partial charge in [-0.25, -0.2) is 0 Å². The fourth-order valence-electron chi connectivity index (χ4n) is 1.07. The number of nitrogens with one attached hydrogen (secondary N) is 1. The van der Waals surface area contributed by atoms with E-state index in [1.165, 1.54) is 4.88 Å². The fraction of sp³-hybridized carbons (Fsp3) is 0.600. The molecule has 1 N–H and O–H groups in total. The Morgan fingerprint density at radius 2 is 2.36 bits per heavy atom. The van der Waals surface area contributed by atoms with Crippen molar-refractivity contribution < 1.29 is 4.74 Å². The number of thiophene rings is 1. The van der Waals surface area contributed by atoms with Crippen LogP contribution in [0.25, 0.3) is 0 Å². The van der Waals surface area contributed by atoms with Crippen LogP contribution < -0.4 is 5.32 Å². The molecule has 1 aromatic rings. The first-order valence-corrected chi connectivity index (χ1v) is 5.62. The Bertz CT molecular complexity index is 204. The second-order valence-corrected chi connectivity index (χ2v) is 3.84. The number of halogens is 1. The van der Waals surface area contributed by atoms with Gasteiger partial charge in [-0.05, 0) is 31.3 Å². The van der Waals surface area contributed by atoms with Gasteiger partial charge in [-0.15, -0.1) is 23.7 Å². The Kier molecular flexibility index (Phi) is 9.40. The van der Waals surface area contributed by atoms with Crippen LogP contribution in [0.15, 0.2) is 17.5 Å². The molecule has 0 radical (unpaired) electrons. The first-order valence-electron chi connectivity index (χ1n) is 4.74. The molecule has 82 valence electrons. The lowest BCUT2D eigenvalue weighted by atomic mass is 10.4. The number of rotatable bonds is 7. The molecule has 0 aliphatic carbocycles. The normalized spacial score (nSPS) is 9.79. The number of hydrogen-bond donors (Lipinski definition) is 1. The Hall–Kier alpha value is -0.0900. The molecule has 14 heavy (non-hydrogen) atoms. The van der Waals surface area contributed by atoms with E-state index >= 15 is 0 Å². The van der Waals surface area contributed by atoms with Crippen molar-refractivity contribution in [3.05, 3.63) is 22.4 Å². The molecule has 0 spiro atoms. The van der Waals surface area contributed by atoms with Crippen LogP contribution in [0.3, 0.4) is 0 Å². The zero-order valence-electron chi connectivity index (χ0n) is 8.49. The predicted octanol–water partition coefficient (Wildman–Crippen LogP) is 2.69. The van der Waals surface area contributed by atoms with Gasteiger partial charge in [0.1, 0.15) is 0 Å². The molecule has 0 saturated heterocycles. The summed E-state index contributed by atoms with van der Waals surface area (Å²) in [5.74, 6) is 0. The molecule has 1 heterocycles. The van der Waals surface area contributed by atoms with Crippen LogP contribution in [-0.4, -0.2) is 19.8 Å². The summed E-state index contributed by atoms with van der Waals surface area (Å²) in [6.45, 7) is 5.75. The SMILES string of the molecule is CCOCCCNCc1cccs1.Cl. The molecule has 0 aliphatic heterocycles. The minimum atomic E-state index is 0. The van der Waals surface area contributed by atoms with Gasteiger partial charge in [-0.2, -0.15) is 0 Å². The Morgan fingerprint density at radius 3 is 3.00 bits per heavy atom. The molecule has 0 aromatic carbocycles. The quantitative estimate of drug-likeness (QED) is 0.734. The lowest BCUT2D eigenvalue weighted by Gasteiger charge is -2.02. The van der Waals surface area contributed by atoms with Gasteiger partial charge >= 0.3 is 0 Å². The van der Waals surface area contributed by atoms with Crippen molar-refractivity contribution in [2.75, 3.05) is 19.8 Å². The van der Waals surface area contributed by atoms with E-state index in [9.17, 15) is 0 Å². The van der Waals surface area contributed by atoms with Crippen molar-refractivity contribution in [3.63, 3.8) is 0 Å². The van der Waals surface area contributed by atoms with Gasteiger partial charge in [0.05, 0.1) is 0 Å². The van der Waals surface area contributed by atoms with Crippen molar-refractivity contribution in [2.45, 2.75) is 19.9 Å². The van der Waals surface area contributed by atoms with Gasteiger partial charge in [-0.1, -0.05) is 6.07 Å². The maximum atomic E-state index is 5.23. The molecule has 1 aromatic heterocycles. The predicted molar refractivity (Wildman–Crippen MR) is 64.4 cm³/mol. The maximum Gasteiger partial charge on any atom is 0.0477 e. The van der Waals surface area contributed by atoms with Crippen LogP contribution in [0.1, 0.15) is 18.2 Å². The summed E-state index contributed by atoms with van der Waals surface area (Å²) < 4.78 is 5.23. The third-order valence-corrected chi connectivity index (χ3v) is 2.60. The molecular formula is C10H18ClNOS. The molecule has 0 amide bonds. The summed E-state index contributed by atoms with van der Waals surface area (Å²) in [6, 6.07) is 4.24. The van der Waals surface area contributed by atoms with Crippen LogP contribution in [0.4, 0.5) is 0 Å². The Labute approximate surface area is 96.1 Å². The highest BCUT2D eigenvalue weighted by atomic mass is 35.5. The highest BCUT2D eigenvalue weighted by molar-refractivity contribution is 7.09. The number of hydrogen-bond acceptors (Lipinski definition) is 3. The average Bonchev–Trinajstić information content (AvgIpc) is 2.63. The first kappa shape index (κ1) is 13.9. The lowest BCUT2D eigenvalue weighted by Crippen LogP contribution is -2.15. The lowest BCUT2D eigenvalue weighted by molar-refractivity contribution is 0.144. The Balaban J connectivity index is 0.00000169. The summed E-state index contributed by atoms with van der Waals surface area (Å²) in [6.07, 6.45) is 1.10. The standard InChI is InChI=1S/C10H17NOS.ClH/c1-2-12-7-4-6-11-9-10-5-3-8-13-10;/h3,5,8,11H,2,4,6-7,9H2,1H3;1H. The average molecular weight is 236 g/mol. The highest BCUT2D eigenvalue weighted by Crippen LogP contribution is 2.06. The monoisotopic (exact) mass is 235 g/mol. The molecule has 1 rings (SSSR count). The van der Waals surface area contributed by atoms with E-state index in [1.54, 1.807) is 11.3 Å². The topological polar surface area (TPSA) is 21.3 Å².